The highest BCUT2D eigenvalue weighted by molar-refractivity contribution is 5.79. The number of nitrogens with one attached hydrogen (secondary N) is 2. The summed E-state index contributed by atoms with van der Waals surface area (Å²) in [6, 6.07) is 14.1. The molecule has 0 saturated carbocycles. The summed E-state index contributed by atoms with van der Waals surface area (Å²) in [5.41, 5.74) is 2.26. The number of methoxy groups -OCH3 is 1. The van der Waals surface area contributed by atoms with E-state index in [1.165, 1.54) is 5.56 Å². The van der Waals surface area contributed by atoms with E-state index >= 15 is 0 Å². The number of ether oxygens (including phenoxy) is 2. The average Bonchev–Trinajstić information content (AvgIpc) is 2.72. The highest BCUT2D eigenvalue weighted by atomic mass is 16.5. The van der Waals surface area contributed by atoms with Crippen LogP contribution in [0.3, 0.4) is 0 Å². The third-order valence-corrected chi connectivity index (χ3v) is 4.02. The van der Waals surface area contributed by atoms with Gasteiger partial charge in [0.1, 0.15) is 0 Å². The predicted molar refractivity (Wildman–Crippen MR) is 109 cm³/mol. The molecule has 0 bridgehead atoms. The van der Waals surface area contributed by atoms with Gasteiger partial charge in [0.15, 0.2) is 5.96 Å². The van der Waals surface area contributed by atoms with Crippen LogP contribution in [0.25, 0.3) is 0 Å². The Hall–Kier alpha value is -2.60. The van der Waals surface area contributed by atoms with Gasteiger partial charge in [-0.25, -0.2) is 9.98 Å². The van der Waals surface area contributed by atoms with E-state index in [1.54, 1.807) is 13.3 Å². The lowest BCUT2D eigenvalue weighted by Crippen LogP contribution is -2.38. The highest BCUT2D eigenvalue weighted by Gasteiger charge is 2.04. The lowest BCUT2D eigenvalue weighted by Gasteiger charge is -2.14. The van der Waals surface area contributed by atoms with Crippen LogP contribution in [0.2, 0.25) is 0 Å². The van der Waals surface area contributed by atoms with Crippen molar-refractivity contribution in [2.45, 2.75) is 32.9 Å². The van der Waals surface area contributed by atoms with Gasteiger partial charge in [-0.05, 0) is 37.5 Å². The lowest BCUT2D eigenvalue weighted by molar-refractivity contribution is 0.0646. The Morgan fingerprint density at radius 3 is 2.74 bits per heavy atom. The number of rotatable bonds is 10. The van der Waals surface area contributed by atoms with Gasteiger partial charge in [-0.3, -0.25) is 0 Å². The monoisotopic (exact) mass is 370 g/mol. The number of hydrogen-bond donors (Lipinski definition) is 2. The molecule has 1 aromatic heterocycles. The molecular formula is C21H30N4O2. The van der Waals surface area contributed by atoms with Crippen LogP contribution in [-0.2, 0) is 11.3 Å². The van der Waals surface area contributed by atoms with E-state index in [-0.39, 0.29) is 6.10 Å². The number of guanidine groups is 1. The Morgan fingerprint density at radius 1 is 1.19 bits per heavy atom. The van der Waals surface area contributed by atoms with Crippen LogP contribution in [0, 0.1) is 0 Å². The third kappa shape index (κ3) is 7.66. The smallest absolute Gasteiger partial charge is 0.213 e. The molecule has 1 aromatic carbocycles. The number of nitrogens with zero attached hydrogens (tertiary/aromatic N) is 2. The van der Waals surface area contributed by atoms with Crippen LogP contribution < -0.4 is 15.4 Å². The minimum absolute atomic E-state index is 0.106. The van der Waals surface area contributed by atoms with Crippen molar-refractivity contribution in [1.29, 1.82) is 0 Å². The second-order valence-corrected chi connectivity index (χ2v) is 6.11. The molecule has 6 nitrogen and oxygen atoms in total. The Bertz CT molecular complexity index is 692. The van der Waals surface area contributed by atoms with Crippen LogP contribution in [0.15, 0.2) is 53.7 Å². The summed E-state index contributed by atoms with van der Waals surface area (Å²) in [5, 5.41) is 6.60. The summed E-state index contributed by atoms with van der Waals surface area (Å²) in [4.78, 5) is 8.72. The van der Waals surface area contributed by atoms with E-state index in [9.17, 15) is 0 Å². The molecule has 0 saturated heterocycles. The zero-order valence-corrected chi connectivity index (χ0v) is 16.4. The number of aliphatic imine (C=N–C) groups is 1. The molecule has 1 unspecified atom stereocenters. The van der Waals surface area contributed by atoms with Gasteiger partial charge in [0.05, 0.1) is 19.8 Å². The van der Waals surface area contributed by atoms with E-state index < -0.39 is 0 Å². The quantitative estimate of drug-likeness (QED) is 0.381. The fourth-order valence-corrected chi connectivity index (χ4v) is 2.53. The summed E-state index contributed by atoms with van der Waals surface area (Å²) in [6.07, 6.45) is 2.75. The largest absolute Gasteiger partial charge is 0.481 e. The Morgan fingerprint density at radius 2 is 2.00 bits per heavy atom. The Labute approximate surface area is 162 Å². The average molecular weight is 370 g/mol. The van der Waals surface area contributed by atoms with Gasteiger partial charge in [-0.2, -0.15) is 0 Å². The van der Waals surface area contributed by atoms with Crippen LogP contribution >= 0.6 is 0 Å². The molecule has 0 aliphatic carbocycles. The van der Waals surface area contributed by atoms with Crippen molar-refractivity contribution in [2.24, 2.45) is 4.99 Å². The molecule has 0 fully saturated rings. The van der Waals surface area contributed by atoms with E-state index in [4.69, 9.17) is 9.47 Å². The normalized spacial score (nSPS) is 12.5. The van der Waals surface area contributed by atoms with E-state index in [0.29, 0.717) is 19.0 Å². The van der Waals surface area contributed by atoms with E-state index in [1.807, 2.05) is 30.3 Å². The van der Waals surface area contributed by atoms with Gasteiger partial charge in [0, 0.05) is 32.0 Å². The summed E-state index contributed by atoms with van der Waals surface area (Å²) >= 11 is 0. The molecule has 2 rings (SSSR count). The number of hydrogen-bond acceptors (Lipinski definition) is 4. The molecule has 6 heteroatoms. The van der Waals surface area contributed by atoms with E-state index in [2.05, 4.69) is 46.6 Å². The van der Waals surface area contributed by atoms with Crippen LogP contribution in [-0.4, -0.2) is 37.7 Å². The van der Waals surface area contributed by atoms with Gasteiger partial charge in [0.2, 0.25) is 5.88 Å². The maximum Gasteiger partial charge on any atom is 0.213 e. The number of pyridine rings is 1. The molecule has 27 heavy (non-hydrogen) atoms. The molecule has 1 atom stereocenters. The molecule has 2 N–H and O–H groups in total. The van der Waals surface area contributed by atoms with Crippen molar-refractivity contribution >= 4 is 5.96 Å². The summed E-state index contributed by atoms with van der Waals surface area (Å²) in [5.74, 6) is 1.40. The maximum atomic E-state index is 5.90. The minimum atomic E-state index is 0.106. The molecule has 2 aromatic rings. The second-order valence-electron chi connectivity index (χ2n) is 6.11. The first-order chi connectivity index (χ1) is 13.2. The molecule has 0 spiro atoms. The fraction of sp³-hybridized carbons (Fsp3) is 0.429. The van der Waals surface area contributed by atoms with Crippen LogP contribution in [0.4, 0.5) is 0 Å². The van der Waals surface area contributed by atoms with Crippen LogP contribution in [0.1, 0.15) is 37.5 Å². The van der Waals surface area contributed by atoms with Crippen molar-refractivity contribution < 1.29 is 9.47 Å². The molecular weight excluding hydrogens is 340 g/mol. The third-order valence-electron chi connectivity index (χ3n) is 4.02. The van der Waals surface area contributed by atoms with Crippen molar-refractivity contribution in [3.05, 3.63) is 59.8 Å². The maximum absolute atomic E-state index is 5.90. The molecule has 0 amide bonds. The first kappa shape index (κ1) is 20.7. The summed E-state index contributed by atoms with van der Waals surface area (Å²) in [7, 11) is 1.61. The van der Waals surface area contributed by atoms with Crippen molar-refractivity contribution in [3.63, 3.8) is 0 Å². The first-order valence-electron chi connectivity index (χ1n) is 9.40. The van der Waals surface area contributed by atoms with Crippen molar-refractivity contribution in [2.75, 3.05) is 26.8 Å². The zero-order valence-electron chi connectivity index (χ0n) is 16.4. The predicted octanol–water partition coefficient (Wildman–Crippen LogP) is 3.31. The topological polar surface area (TPSA) is 67.8 Å². The fourth-order valence-electron chi connectivity index (χ4n) is 2.53. The minimum Gasteiger partial charge on any atom is -0.481 e. The molecule has 146 valence electrons. The Kier molecular flexibility index (Phi) is 9.13. The number of aromatic nitrogens is 1. The van der Waals surface area contributed by atoms with Crippen LogP contribution in [0.5, 0.6) is 5.88 Å². The molecule has 0 aliphatic rings. The van der Waals surface area contributed by atoms with Crippen molar-refractivity contribution in [1.82, 2.24) is 15.6 Å². The van der Waals surface area contributed by atoms with Gasteiger partial charge in [0.25, 0.3) is 0 Å². The van der Waals surface area contributed by atoms with Gasteiger partial charge >= 0.3 is 0 Å². The zero-order chi connectivity index (χ0) is 19.3. The van der Waals surface area contributed by atoms with Crippen molar-refractivity contribution in [3.8, 4) is 5.88 Å². The Balaban J connectivity index is 1.73. The summed E-state index contributed by atoms with van der Waals surface area (Å²) in [6.45, 7) is 7.01. The molecule has 0 aliphatic heterocycles. The molecule has 1 heterocycles. The number of benzene rings is 1. The SMILES string of the molecule is CCNC(=NCc1ccnc(OC)c1)NCCCOC(C)c1ccccc1. The summed E-state index contributed by atoms with van der Waals surface area (Å²) < 4.78 is 11.1. The molecule has 0 radical (unpaired) electrons. The van der Waals surface area contributed by atoms with Gasteiger partial charge in [-0.1, -0.05) is 30.3 Å². The van der Waals surface area contributed by atoms with Gasteiger partial charge in [-0.15, -0.1) is 0 Å². The standard InChI is InChI=1S/C21H30N4O2/c1-4-22-21(25-16-18-11-13-23-20(15-18)26-3)24-12-8-14-27-17(2)19-9-6-5-7-10-19/h5-7,9-11,13,15,17H,4,8,12,14,16H2,1-3H3,(H2,22,24,25). The van der Waals surface area contributed by atoms with E-state index in [0.717, 1.165) is 31.0 Å². The highest BCUT2D eigenvalue weighted by Crippen LogP contribution is 2.15. The lowest BCUT2D eigenvalue weighted by atomic mass is 10.1. The first-order valence-corrected chi connectivity index (χ1v) is 9.40. The van der Waals surface area contributed by atoms with Gasteiger partial charge < -0.3 is 20.1 Å². The second kappa shape index (κ2) is 11.9.